The summed E-state index contributed by atoms with van der Waals surface area (Å²) in [5, 5.41) is 8.17. The first kappa shape index (κ1) is 22.4. The van der Waals surface area contributed by atoms with Crippen LogP contribution in [-0.2, 0) is 0 Å². The van der Waals surface area contributed by atoms with E-state index in [1.165, 1.54) is 11.6 Å². The maximum Gasteiger partial charge on any atom is 0.247 e. The van der Waals surface area contributed by atoms with Crippen molar-refractivity contribution < 1.29 is 4.39 Å². The second-order valence-electron chi connectivity index (χ2n) is 8.90. The molecule has 0 N–H and O–H groups in total. The lowest BCUT2D eigenvalue weighted by Gasteiger charge is -2.23. The first-order valence-corrected chi connectivity index (χ1v) is 12.2. The summed E-state index contributed by atoms with van der Waals surface area (Å²) in [6.45, 7) is 2.05. The van der Waals surface area contributed by atoms with Gasteiger partial charge < -0.3 is 0 Å². The third-order valence-electron chi connectivity index (χ3n) is 6.46. The summed E-state index contributed by atoms with van der Waals surface area (Å²) in [6, 6.07) is 30.2. The minimum Gasteiger partial charge on any atom is -0.223 e. The van der Waals surface area contributed by atoms with Gasteiger partial charge in [0.25, 0.3) is 0 Å². The monoisotopic (exact) mass is 492 g/mol. The Hall–Kier alpha value is -4.09. The van der Waals surface area contributed by atoms with E-state index < -0.39 is 0 Å². The Bertz CT molecular complexity index is 1600. The lowest BCUT2D eigenvalue weighted by atomic mass is 9.97. The van der Waals surface area contributed by atoms with E-state index in [1.807, 2.05) is 54.6 Å². The number of halogens is 2. The quantitative estimate of drug-likeness (QED) is 0.257. The van der Waals surface area contributed by atoms with Crippen LogP contribution in [0.1, 0.15) is 29.2 Å². The highest BCUT2D eigenvalue weighted by atomic mass is 35.5. The zero-order valence-electron chi connectivity index (χ0n) is 19.6. The molecule has 0 aliphatic carbocycles. The molecular weight excluding hydrogens is 471 g/mol. The lowest BCUT2D eigenvalue weighted by Crippen LogP contribution is -2.22. The van der Waals surface area contributed by atoms with Gasteiger partial charge in [-0.2, -0.15) is 5.10 Å². The molecule has 6 heteroatoms. The van der Waals surface area contributed by atoms with Crippen LogP contribution in [0.25, 0.3) is 22.2 Å². The van der Waals surface area contributed by atoms with Gasteiger partial charge >= 0.3 is 0 Å². The van der Waals surface area contributed by atoms with Crippen molar-refractivity contribution in [3.05, 3.63) is 125 Å². The minimum atomic E-state index is -0.379. The molecule has 1 atom stereocenters. The number of anilines is 1. The van der Waals surface area contributed by atoms with E-state index in [2.05, 4.69) is 31.2 Å². The number of hydrogen-bond acceptors (Lipinski definition) is 4. The number of nitrogens with zero attached hydrogens (tertiary/aromatic N) is 4. The Morgan fingerprint density at radius 3 is 2.36 bits per heavy atom. The third kappa shape index (κ3) is 4.12. The van der Waals surface area contributed by atoms with E-state index in [9.17, 15) is 0 Å². The molecule has 0 radical (unpaired) electrons. The van der Waals surface area contributed by atoms with E-state index in [4.69, 9.17) is 26.7 Å². The van der Waals surface area contributed by atoms with Gasteiger partial charge in [-0.25, -0.2) is 19.4 Å². The smallest absolute Gasteiger partial charge is 0.223 e. The summed E-state index contributed by atoms with van der Waals surface area (Å²) in [6.07, 6.45) is 0.534. The number of hydrazone groups is 1. The van der Waals surface area contributed by atoms with Crippen molar-refractivity contribution in [2.24, 2.45) is 5.10 Å². The molecule has 4 nitrogen and oxygen atoms in total. The SMILES string of the molecule is Cc1ccc(C2=NN(c3nc(-c4ccccc4)c4cc(Cl)ccc4n3)C(c3ccccc3F)C2)cc1. The molecule has 0 spiro atoms. The largest absolute Gasteiger partial charge is 0.247 e. The molecule has 0 saturated heterocycles. The van der Waals surface area contributed by atoms with Crippen LogP contribution in [0.4, 0.5) is 10.3 Å². The van der Waals surface area contributed by atoms with Crippen molar-refractivity contribution in [3.63, 3.8) is 0 Å². The van der Waals surface area contributed by atoms with Gasteiger partial charge in [-0.3, -0.25) is 0 Å². The van der Waals surface area contributed by atoms with Crippen LogP contribution in [0.2, 0.25) is 5.02 Å². The molecule has 0 amide bonds. The average Bonchev–Trinajstić information content (AvgIpc) is 3.34. The predicted molar refractivity (Wildman–Crippen MR) is 144 cm³/mol. The maximum absolute atomic E-state index is 15.0. The second kappa shape index (κ2) is 9.17. The highest BCUT2D eigenvalue weighted by molar-refractivity contribution is 6.31. The van der Waals surface area contributed by atoms with Crippen molar-refractivity contribution >= 4 is 34.2 Å². The van der Waals surface area contributed by atoms with E-state index in [1.54, 1.807) is 17.1 Å². The van der Waals surface area contributed by atoms with E-state index in [0.717, 1.165) is 33.4 Å². The maximum atomic E-state index is 15.0. The van der Waals surface area contributed by atoms with Gasteiger partial charge in [0.15, 0.2) is 0 Å². The van der Waals surface area contributed by atoms with Crippen LogP contribution in [0.15, 0.2) is 102 Å². The van der Waals surface area contributed by atoms with E-state index in [0.29, 0.717) is 23.0 Å². The van der Waals surface area contributed by atoms with Crippen LogP contribution in [-0.4, -0.2) is 15.7 Å². The summed E-state index contributed by atoms with van der Waals surface area (Å²) in [5.74, 6) is 0.141. The van der Waals surface area contributed by atoms with Gasteiger partial charge in [0.1, 0.15) is 5.82 Å². The molecule has 1 unspecified atom stereocenters. The molecule has 36 heavy (non-hydrogen) atoms. The van der Waals surface area contributed by atoms with Crippen molar-refractivity contribution in [3.8, 4) is 11.3 Å². The molecular formula is C30H22ClFN4. The van der Waals surface area contributed by atoms with Gasteiger partial charge in [-0.05, 0) is 36.8 Å². The van der Waals surface area contributed by atoms with Crippen molar-refractivity contribution in [2.45, 2.75) is 19.4 Å². The van der Waals surface area contributed by atoms with Gasteiger partial charge in [0, 0.05) is 28.0 Å². The standard InChI is InChI=1S/C30H22ClFN4/c1-19-11-13-20(14-12-19)27-18-28(23-9-5-6-10-25(23)32)36(35-27)30-33-26-16-15-22(31)17-24(26)29(34-30)21-7-3-2-4-8-21/h2-17,28H,18H2,1H3. The zero-order chi connectivity index (χ0) is 24.6. The number of fused-ring (bicyclic) bond motifs is 1. The molecule has 1 aliphatic rings. The number of rotatable bonds is 4. The minimum absolute atomic E-state index is 0.274. The lowest BCUT2D eigenvalue weighted by molar-refractivity contribution is 0.576. The molecule has 4 aromatic carbocycles. The van der Waals surface area contributed by atoms with Crippen molar-refractivity contribution in [1.29, 1.82) is 0 Å². The molecule has 1 aliphatic heterocycles. The predicted octanol–water partition coefficient (Wildman–Crippen LogP) is 7.75. The van der Waals surface area contributed by atoms with Gasteiger partial charge in [-0.1, -0.05) is 90.0 Å². The summed E-state index contributed by atoms with van der Waals surface area (Å²) < 4.78 is 15.0. The van der Waals surface area contributed by atoms with Crippen LogP contribution >= 0.6 is 11.6 Å². The molecule has 2 heterocycles. The normalized spacial score (nSPS) is 15.4. The van der Waals surface area contributed by atoms with Crippen LogP contribution in [0, 0.1) is 12.7 Å². The van der Waals surface area contributed by atoms with Crippen LogP contribution in [0.3, 0.4) is 0 Å². The summed E-state index contributed by atoms with van der Waals surface area (Å²) >= 11 is 6.33. The van der Waals surface area contributed by atoms with Crippen LogP contribution in [0.5, 0.6) is 0 Å². The number of aryl methyl sites for hydroxylation is 1. The Morgan fingerprint density at radius 1 is 0.833 bits per heavy atom. The molecule has 0 saturated carbocycles. The number of hydrogen-bond donors (Lipinski definition) is 0. The Balaban J connectivity index is 1.55. The highest BCUT2D eigenvalue weighted by Crippen LogP contribution is 2.38. The van der Waals surface area contributed by atoms with Crippen LogP contribution < -0.4 is 5.01 Å². The van der Waals surface area contributed by atoms with E-state index >= 15 is 4.39 Å². The molecule has 5 aromatic rings. The highest BCUT2D eigenvalue weighted by Gasteiger charge is 2.33. The number of aromatic nitrogens is 2. The molecule has 6 rings (SSSR count). The Kier molecular flexibility index (Phi) is 5.70. The molecule has 0 fully saturated rings. The average molecular weight is 493 g/mol. The Morgan fingerprint density at radius 2 is 1.58 bits per heavy atom. The topological polar surface area (TPSA) is 41.4 Å². The fourth-order valence-corrected chi connectivity index (χ4v) is 4.78. The van der Waals surface area contributed by atoms with Crippen molar-refractivity contribution in [2.75, 3.05) is 5.01 Å². The fourth-order valence-electron chi connectivity index (χ4n) is 4.61. The van der Waals surface area contributed by atoms with Gasteiger partial charge in [0.2, 0.25) is 5.95 Å². The Labute approximate surface area is 213 Å². The first-order valence-electron chi connectivity index (χ1n) is 11.8. The van der Waals surface area contributed by atoms with Gasteiger partial charge in [-0.15, -0.1) is 0 Å². The summed E-state index contributed by atoms with van der Waals surface area (Å²) in [7, 11) is 0. The number of benzene rings is 4. The molecule has 1 aromatic heterocycles. The summed E-state index contributed by atoms with van der Waals surface area (Å²) in [5.41, 5.74) is 6.04. The zero-order valence-corrected chi connectivity index (χ0v) is 20.3. The first-order chi connectivity index (χ1) is 17.6. The molecule has 0 bridgehead atoms. The van der Waals surface area contributed by atoms with E-state index in [-0.39, 0.29) is 11.9 Å². The summed E-state index contributed by atoms with van der Waals surface area (Å²) in [4.78, 5) is 9.83. The fraction of sp³-hybridized carbons (Fsp3) is 0.100. The second-order valence-corrected chi connectivity index (χ2v) is 9.33. The van der Waals surface area contributed by atoms with Gasteiger partial charge in [0.05, 0.1) is 23.0 Å². The van der Waals surface area contributed by atoms with Crippen molar-refractivity contribution in [1.82, 2.24) is 9.97 Å². The molecule has 176 valence electrons. The third-order valence-corrected chi connectivity index (χ3v) is 6.69.